The number of H-pyrrole nitrogens is 2. The minimum absolute atomic E-state index is 0.157. The lowest BCUT2D eigenvalue weighted by atomic mass is 9.90. The van der Waals surface area contributed by atoms with Gasteiger partial charge in [0, 0.05) is 52.3 Å². The molecule has 0 saturated heterocycles. The van der Waals surface area contributed by atoms with Gasteiger partial charge in [0.2, 0.25) is 0 Å². The van der Waals surface area contributed by atoms with Crippen LogP contribution in [0.2, 0.25) is 0 Å². The summed E-state index contributed by atoms with van der Waals surface area (Å²) in [6.45, 7) is 0.261. The summed E-state index contributed by atoms with van der Waals surface area (Å²) >= 11 is 0. The maximum absolute atomic E-state index is 12.7. The summed E-state index contributed by atoms with van der Waals surface area (Å²) in [4.78, 5) is 31.6. The van der Waals surface area contributed by atoms with Gasteiger partial charge in [0.25, 0.3) is 0 Å². The van der Waals surface area contributed by atoms with Crippen LogP contribution in [0.25, 0.3) is 21.8 Å². The lowest BCUT2D eigenvalue weighted by Crippen LogP contribution is -2.37. The molecular formula is C27H24N4O3. The Hall–Kier alpha value is -4.52. The Bertz CT molecular complexity index is 1470. The SMILES string of the molecule is COc1ccc([C@@H](CNC(=O)C(=O)Nc2ccc3[nH]ccc3c2)c2c[nH]c3ccccc23)cc1. The fourth-order valence-electron chi connectivity index (χ4n) is 4.22. The molecule has 0 saturated carbocycles. The Morgan fingerprint density at radius 1 is 0.912 bits per heavy atom. The summed E-state index contributed by atoms with van der Waals surface area (Å²) in [5.41, 5.74) is 4.59. The smallest absolute Gasteiger partial charge is 0.313 e. The van der Waals surface area contributed by atoms with Gasteiger partial charge in [-0.15, -0.1) is 0 Å². The normalized spacial score (nSPS) is 11.9. The molecule has 4 N–H and O–H groups in total. The number of hydrogen-bond acceptors (Lipinski definition) is 3. The van der Waals surface area contributed by atoms with Crippen molar-refractivity contribution in [1.82, 2.24) is 15.3 Å². The number of ether oxygens (including phenoxy) is 1. The van der Waals surface area contributed by atoms with Crippen molar-refractivity contribution in [2.45, 2.75) is 5.92 Å². The summed E-state index contributed by atoms with van der Waals surface area (Å²) in [5.74, 6) is -0.797. The maximum atomic E-state index is 12.7. The van der Waals surface area contributed by atoms with E-state index in [1.165, 1.54) is 0 Å². The predicted molar refractivity (Wildman–Crippen MR) is 133 cm³/mol. The van der Waals surface area contributed by atoms with Gasteiger partial charge in [0.15, 0.2) is 0 Å². The zero-order valence-corrected chi connectivity index (χ0v) is 18.6. The van der Waals surface area contributed by atoms with E-state index in [0.717, 1.165) is 38.7 Å². The average Bonchev–Trinajstić information content (AvgIpc) is 3.51. The molecule has 2 amide bonds. The molecule has 2 heterocycles. The number of methoxy groups -OCH3 is 1. The number of benzene rings is 3. The minimum Gasteiger partial charge on any atom is -0.497 e. The highest BCUT2D eigenvalue weighted by Gasteiger charge is 2.21. The van der Waals surface area contributed by atoms with Gasteiger partial charge >= 0.3 is 11.8 Å². The summed E-state index contributed by atoms with van der Waals surface area (Å²) in [6.07, 6.45) is 3.78. The van der Waals surface area contributed by atoms with Crippen molar-refractivity contribution in [3.8, 4) is 5.75 Å². The number of carbonyl (C=O) groups is 2. The predicted octanol–water partition coefficient (Wildman–Crippen LogP) is 4.54. The fourth-order valence-corrected chi connectivity index (χ4v) is 4.22. The summed E-state index contributed by atoms with van der Waals surface area (Å²) in [7, 11) is 1.62. The molecule has 0 spiro atoms. The first-order valence-corrected chi connectivity index (χ1v) is 11.0. The third kappa shape index (κ3) is 4.23. The third-order valence-corrected chi connectivity index (χ3v) is 6.00. The van der Waals surface area contributed by atoms with Crippen molar-refractivity contribution in [3.05, 3.63) is 96.3 Å². The molecule has 2 aromatic heterocycles. The van der Waals surface area contributed by atoms with Crippen LogP contribution in [0.5, 0.6) is 5.75 Å². The minimum atomic E-state index is -0.706. The summed E-state index contributed by atoms with van der Waals surface area (Å²) < 4.78 is 5.29. The molecule has 0 aliphatic heterocycles. The highest BCUT2D eigenvalue weighted by atomic mass is 16.5. The molecule has 0 fully saturated rings. The van der Waals surface area contributed by atoms with E-state index in [2.05, 4.69) is 20.6 Å². The van der Waals surface area contributed by atoms with Crippen LogP contribution >= 0.6 is 0 Å². The molecule has 0 aliphatic rings. The lowest BCUT2D eigenvalue weighted by Gasteiger charge is -2.18. The molecule has 0 unspecified atom stereocenters. The maximum Gasteiger partial charge on any atom is 0.313 e. The van der Waals surface area contributed by atoms with Crippen molar-refractivity contribution >= 4 is 39.3 Å². The Kier molecular flexibility index (Phi) is 5.74. The fraction of sp³-hybridized carbons (Fsp3) is 0.111. The zero-order chi connectivity index (χ0) is 23.5. The van der Waals surface area contributed by atoms with Gasteiger partial charge in [0.1, 0.15) is 5.75 Å². The quantitative estimate of drug-likeness (QED) is 0.285. The molecule has 0 radical (unpaired) electrons. The van der Waals surface area contributed by atoms with Crippen molar-refractivity contribution in [2.24, 2.45) is 0 Å². The molecule has 0 aliphatic carbocycles. The van der Waals surface area contributed by atoms with Crippen LogP contribution in [0.3, 0.4) is 0 Å². The van der Waals surface area contributed by atoms with E-state index in [9.17, 15) is 9.59 Å². The van der Waals surface area contributed by atoms with E-state index in [4.69, 9.17) is 4.74 Å². The second kappa shape index (κ2) is 9.15. The van der Waals surface area contributed by atoms with Crippen LogP contribution in [0, 0.1) is 0 Å². The van der Waals surface area contributed by atoms with Crippen molar-refractivity contribution < 1.29 is 14.3 Å². The molecule has 0 bridgehead atoms. The number of carbonyl (C=O) groups excluding carboxylic acids is 2. The topological polar surface area (TPSA) is 99.0 Å². The molecule has 7 nitrogen and oxygen atoms in total. The largest absolute Gasteiger partial charge is 0.497 e. The monoisotopic (exact) mass is 452 g/mol. The van der Waals surface area contributed by atoms with Crippen LogP contribution in [0.15, 0.2) is 85.2 Å². The number of rotatable bonds is 6. The number of nitrogens with one attached hydrogen (secondary N) is 4. The molecule has 5 aromatic rings. The second-order valence-corrected chi connectivity index (χ2v) is 8.06. The van der Waals surface area contributed by atoms with E-state index in [-0.39, 0.29) is 12.5 Å². The standard InChI is InChI=1S/C27H24N4O3/c1-34-20-9-6-17(7-10-20)22(23-16-29-25-5-3-2-4-21(23)25)15-30-26(32)27(33)31-19-8-11-24-18(14-19)12-13-28-24/h2-14,16,22,28-29H,15H2,1H3,(H,30,32)(H,31,33)/t22-/m1/s1. The first-order valence-electron chi connectivity index (χ1n) is 11.0. The molecule has 1 atom stereocenters. The van der Waals surface area contributed by atoms with Gasteiger partial charge in [-0.25, -0.2) is 0 Å². The number of aromatic amines is 2. The molecule has 3 aromatic carbocycles. The van der Waals surface area contributed by atoms with Crippen LogP contribution in [0.4, 0.5) is 5.69 Å². The summed E-state index contributed by atoms with van der Waals surface area (Å²) in [6, 6.07) is 23.1. The highest BCUT2D eigenvalue weighted by molar-refractivity contribution is 6.39. The van der Waals surface area contributed by atoms with Crippen LogP contribution in [-0.4, -0.2) is 35.4 Å². The van der Waals surface area contributed by atoms with Gasteiger partial charge in [-0.05, 0) is 53.6 Å². The van der Waals surface area contributed by atoms with Gasteiger partial charge < -0.3 is 25.3 Å². The number of aromatic nitrogens is 2. The molecule has 5 rings (SSSR count). The van der Waals surface area contributed by atoms with E-state index in [1.807, 2.05) is 79.1 Å². The first kappa shape index (κ1) is 21.3. The molecular weight excluding hydrogens is 428 g/mol. The van der Waals surface area contributed by atoms with E-state index < -0.39 is 11.8 Å². The van der Waals surface area contributed by atoms with Gasteiger partial charge in [-0.2, -0.15) is 0 Å². The summed E-state index contributed by atoms with van der Waals surface area (Å²) in [5, 5.41) is 7.52. The zero-order valence-electron chi connectivity index (χ0n) is 18.6. The third-order valence-electron chi connectivity index (χ3n) is 6.00. The molecule has 170 valence electrons. The van der Waals surface area contributed by atoms with Gasteiger partial charge in [-0.1, -0.05) is 30.3 Å². The van der Waals surface area contributed by atoms with Gasteiger partial charge in [-0.3, -0.25) is 9.59 Å². The van der Waals surface area contributed by atoms with E-state index >= 15 is 0 Å². The molecule has 7 heteroatoms. The molecule has 34 heavy (non-hydrogen) atoms. The number of hydrogen-bond donors (Lipinski definition) is 4. The van der Waals surface area contributed by atoms with Crippen LogP contribution < -0.4 is 15.4 Å². The van der Waals surface area contributed by atoms with Crippen LogP contribution in [0.1, 0.15) is 17.0 Å². The van der Waals surface area contributed by atoms with Crippen LogP contribution in [-0.2, 0) is 9.59 Å². The first-order chi connectivity index (χ1) is 16.6. The van der Waals surface area contributed by atoms with E-state index in [1.54, 1.807) is 13.2 Å². The number of amides is 2. The number of para-hydroxylation sites is 1. The highest BCUT2D eigenvalue weighted by Crippen LogP contribution is 2.31. The van der Waals surface area contributed by atoms with Crippen molar-refractivity contribution in [2.75, 3.05) is 19.0 Å². The lowest BCUT2D eigenvalue weighted by molar-refractivity contribution is -0.136. The Morgan fingerprint density at radius 3 is 2.56 bits per heavy atom. The average molecular weight is 453 g/mol. The Morgan fingerprint density at radius 2 is 1.74 bits per heavy atom. The van der Waals surface area contributed by atoms with Crippen molar-refractivity contribution in [1.29, 1.82) is 0 Å². The number of anilines is 1. The Balaban J connectivity index is 1.35. The number of fused-ring (bicyclic) bond motifs is 2. The second-order valence-electron chi connectivity index (χ2n) is 8.06. The Labute approximate surface area is 196 Å². The van der Waals surface area contributed by atoms with Gasteiger partial charge in [0.05, 0.1) is 7.11 Å². The van der Waals surface area contributed by atoms with Crippen molar-refractivity contribution in [3.63, 3.8) is 0 Å². The van der Waals surface area contributed by atoms with E-state index in [0.29, 0.717) is 5.69 Å².